The summed E-state index contributed by atoms with van der Waals surface area (Å²) in [6.07, 6.45) is 2.13. The van der Waals surface area contributed by atoms with Gasteiger partial charge in [-0.15, -0.1) is 0 Å². The largest absolute Gasteiger partial charge is 0.417 e. The van der Waals surface area contributed by atoms with E-state index in [1.807, 2.05) is 24.3 Å². The molecule has 1 atom stereocenters. The molecule has 2 aromatic carbocycles. The molecule has 4 rings (SSSR count). The summed E-state index contributed by atoms with van der Waals surface area (Å²) in [6, 6.07) is 11.9. The molecule has 0 bridgehead atoms. The van der Waals surface area contributed by atoms with Crippen LogP contribution in [0.5, 0.6) is 0 Å². The fourth-order valence-electron chi connectivity index (χ4n) is 3.68. The second kappa shape index (κ2) is 8.08. The molecular weight excluding hydrogens is 406 g/mol. The molecule has 0 aliphatic carbocycles. The topological polar surface area (TPSA) is 112 Å². The molecule has 158 valence electrons. The zero-order valence-corrected chi connectivity index (χ0v) is 17.4. The molecule has 0 unspecified atom stereocenters. The monoisotopic (exact) mass is 429 g/mol. The minimum atomic E-state index is -3.82. The molecule has 3 aromatic rings. The molecule has 1 fully saturated rings. The summed E-state index contributed by atoms with van der Waals surface area (Å²) < 4.78 is 32.5. The summed E-state index contributed by atoms with van der Waals surface area (Å²) in [5, 5.41) is 2.89. The van der Waals surface area contributed by atoms with Crippen LogP contribution in [0.2, 0.25) is 0 Å². The lowest BCUT2D eigenvalue weighted by Crippen LogP contribution is -2.43. The molecule has 0 saturated carbocycles. The molecule has 1 saturated heterocycles. The summed E-state index contributed by atoms with van der Waals surface area (Å²) >= 11 is 0. The van der Waals surface area contributed by atoms with Crippen molar-refractivity contribution in [2.45, 2.75) is 31.1 Å². The molecule has 2 N–H and O–H groups in total. The molecule has 9 heteroatoms. The van der Waals surface area contributed by atoms with E-state index in [1.54, 1.807) is 0 Å². The quantitative estimate of drug-likeness (QED) is 0.648. The van der Waals surface area contributed by atoms with Crippen molar-refractivity contribution in [3.8, 4) is 0 Å². The van der Waals surface area contributed by atoms with Gasteiger partial charge >= 0.3 is 5.76 Å². The van der Waals surface area contributed by atoms with Crippen molar-refractivity contribution in [3.63, 3.8) is 0 Å². The number of aromatic nitrogens is 1. The Balaban J connectivity index is 1.50. The highest BCUT2D eigenvalue weighted by atomic mass is 32.2. The van der Waals surface area contributed by atoms with Crippen LogP contribution in [-0.2, 0) is 21.2 Å². The first-order valence-corrected chi connectivity index (χ1v) is 11.3. The summed E-state index contributed by atoms with van der Waals surface area (Å²) in [7, 11) is -3.82. The number of rotatable bonds is 5. The Morgan fingerprint density at radius 1 is 1.23 bits per heavy atom. The molecule has 1 aromatic heterocycles. The van der Waals surface area contributed by atoms with E-state index in [9.17, 15) is 18.0 Å². The number of amides is 1. The molecule has 2 heterocycles. The van der Waals surface area contributed by atoms with E-state index in [-0.39, 0.29) is 22.9 Å². The maximum absolute atomic E-state index is 13.1. The minimum Gasteiger partial charge on any atom is -0.408 e. The lowest BCUT2D eigenvalue weighted by molar-refractivity contribution is -0.120. The lowest BCUT2D eigenvalue weighted by Gasteiger charge is -2.31. The first kappa shape index (κ1) is 20.4. The standard InChI is InChI=1S/C21H23N3O5S/c1-2-14-5-7-16(8-6-14)22-20(25)15-4-3-11-24(13-15)30(27,28)17-9-10-18-19(12-17)29-21(26)23-18/h5-10,12,15H,2-4,11,13H2,1H3,(H,22,25)(H,23,26)/t15-/m1/s1. The summed E-state index contributed by atoms with van der Waals surface area (Å²) in [5.41, 5.74) is 2.50. The number of H-pyrrole nitrogens is 1. The van der Waals surface area contributed by atoms with Gasteiger partial charge in [0, 0.05) is 24.8 Å². The van der Waals surface area contributed by atoms with E-state index < -0.39 is 21.7 Å². The predicted molar refractivity (Wildman–Crippen MR) is 113 cm³/mol. The molecule has 1 amide bonds. The number of piperidine rings is 1. The number of hydrogen-bond acceptors (Lipinski definition) is 5. The van der Waals surface area contributed by atoms with Crippen molar-refractivity contribution in [1.29, 1.82) is 0 Å². The lowest BCUT2D eigenvalue weighted by atomic mass is 9.98. The third kappa shape index (κ3) is 4.03. The van der Waals surface area contributed by atoms with E-state index >= 15 is 0 Å². The fraction of sp³-hybridized carbons (Fsp3) is 0.333. The number of nitrogens with one attached hydrogen (secondary N) is 2. The van der Waals surface area contributed by atoms with Gasteiger partial charge in [-0.2, -0.15) is 4.31 Å². The van der Waals surface area contributed by atoms with Gasteiger partial charge in [0.1, 0.15) is 0 Å². The van der Waals surface area contributed by atoms with Gasteiger partial charge in [0.2, 0.25) is 15.9 Å². The van der Waals surface area contributed by atoms with Crippen molar-refractivity contribution >= 4 is 32.7 Å². The number of oxazole rings is 1. The number of carbonyl (C=O) groups is 1. The van der Waals surface area contributed by atoms with Crippen LogP contribution in [0, 0.1) is 5.92 Å². The smallest absolute Gasteiger partial charge is 0.408 e. The van der Waals surface area contributed by atoms with Crippen LogP contribution in [0.1, 0.15) is 25.3 Å². The SMILES string of the molecule is CCc1ccc(NC(=O)[C@@H]2CCCN(S(=O)(=O)c3ccc4[nH]c(=O)oc4c3)C2)cc1. The number of hydrogen-bond donors (Lipinski definition) is 2. The van der Waals surface area contributed by atoms with Gasteiger partial charge in [-0.05, 0) is 49.1 Å². The van der Waals surface area contributed by atoms with Crippen LogP contribution in [0.25, 0.3) is 11.1 Å². The number of aromatic amines is 1. The van der Waals surface area contributed by atoms with Crippen LogP contribution < -0.4 is 11.1 Å². The van der Waals surface area contributed by atoms with Crippen LogP contribution in [0.3, 0.4) is 0 Å². The molecule has 30 heavy (non-hydrogen) atoms. The second-order valence-corrected chi connectivity index (χ2v) is 9.35. The Hall–Kier alpha value is -2.91. The first-order valence-electron chi connectivity index (χ1n) is 9.89. The van der Waals surface area contributed by atoms with Crippen molar-refractivity contribution in [2.75, 3.05) is 18.4 Å². The number of nitrogens with zero attached hydrogens (tertiary/aromatic N) is 1. The van der Waals surface area contributed by atoms with Crippen LogP contribution in [-0.4, -0.2) is 36.7 Å². The summed E-state index contributed by atoms with van der Waals surface area (Å²) in [4.78, 5) is 26.6. The van der Waals surface area contributed by atoms with Crippen molar-refractivity contribution < 1.29 is 17.6 Å². The van der Waals surface area contributed by atoms with Gasteiger partial charge in [-0.1, -0.05) is 19.1 Å². The van der Waals surface area contributed by atoms with E-state index in [1.165, 1.54) is 28.1 Å². The van der Waals surface area contributed by atoms with Gasteiger partial charge < -0.3 is 9.73 Å². The average molecular weight is 429 g/mol. The Bertz CT molecular complexity index is 1230. The molecule has 1 aliphatic rings. The number of fused-ring (bicyclic) bond motifs is 1. The molecular formula is C21H23N3O5S. The molecule has 1 aliphatic heterocycles. The predicted octanol–water partition coefficient (Wildman–Crippen LogP) is 2.72. The average Bonchev–Trinajstić information content (AvgIpc) is 3.13. The van der Waals surface area contributed by atoms with E-state index in [0.29, 0.717) is 30.6 Å². The number of benzene rings is 2. The number of carbonyl (C=O) groups excluding carboxylic acids is 1. The zero-order valence-electron chi connectivity index (χ0n) is 16.6. The first-order chi connectivity index (χ1) is 14.4. The Kier molecular flexibility index (Phi) is 5.48. The van der Waals surface area contributed by atoms with Gasteiger partial charge in [-0.3, -0.25) is 9.78 Å². The highest BCUT2D eigenvalue weighted by molar-refractivity contribution is 7.89. The van der Waals surface area contributed by atoms with E-state index in [2.05, 4.69) is 17.2 Å². The number of sulfonamides is 1. The van der Waals surface area contributed by atoms with Gasteiger partial charge in [0.15, 0.2) is 5.58 Å². The van der Waals surface area contributed by atoms with Gasteiger partial charge in [-0.25, -0.2) is 13.2 Å². The van der Waals surface area contributed by atoms with Crippen LogP contribution >= 0.6 is 0 Å². The maximum atomic E-state index is 13.1. The Morgan fingerprint density at radius 3 is 2.73 bits per heavy atom. The maximum Gasteiger partial charge on any atom is 0.417 e. The summed E-state index contributed by atoms with van der Waals surface area (Å²) in [5.74, 6) is -1.26. The third-order valence-corrected chi connectivity index (χ3v) is 7.28. The third-order valence-electron chi connectivity index (χ3n) is 5.41. The van der Waals surface area contributed by atoms with Gasteiger partial charge in [0.05, 0.1) is 16.3 Å². The van der Waals surface area contributed by atoms with Gasteiger partial charge in [0.25, 0.3) is 0 Å². The second-order valence-electron chi connectivity index (χ2n) is 7.41. The van der Waals surface area contributed by atoms with Crippen molar-refractivity contribution in [1.82, 2.24) is 9.29 Å². The number of anilines is 1. The highest BCUT2D eigenvalue weighted by Gasteiger charge is 2.33. The van der Waals surface area contributed by atoms with Crippen LogP contribution in [0.15, 0.2) is 56.6 Å². The zero-order chi connectivity index (χ0) is 21.3. The molecule has 8 nitrogen and oxygen atoms in total. The fourth-order valence-corrected chi connectivity index (χ4v) is 5.22. The van der Waals surface area contributed by atoms with E-state index in [0.717, 1.165) is 6.42 Å². The van der Waals surface area contributed by atoms with E-state index in [4.69, 9.17) is 4.42 Å². The molecule has 0 radical (unpaired) electrons. The molecule has 0 spiro atoms. The van der Waals surface area contributed by atoms with Crippen molar-refractivity contribution in [2.24, 2.45) is 5.92 Å². The van der Waals surface area contributed by atoms with Crippen LogP contribution in [0.4, 0.5) is 5.69 Å². The Morgan fingerprint density at radius 2 is 2.00 bits per heavy atom. The normalized spacial score (nSPS) is 17.8. The van der Waals surface area contributed by atoms with Crippen molar-refractivity contribution in [3.05, 3.63) is 58.6 Å². The Labute approximate surface area is 173 Å². The minimum absolute atomic E-state index is 0.0361. The summed E-state index contributed by atoms with van der Waals surface area (Å²) in [6.45, 7) is 2.51. The highest BCUT2D eigenvalue weighted by Crippen LogP contribution is 2.26. The number of aryl methyl sites for hydroxylation is 1.